The van der Waals surface area contributed by atoms with Gasteiger partial charge in [0.05, 0.1) is 5.69 Å². The minimum atomic E-state index is 0.374. The van der Waals surface area contributed by atoms with Gasteiger partial charge in [0, 0.05) is 42.5 Å². The lowest BCUT2D eigenvalue weighted by atomic mass is 9.91. The molecule has 0 bridgehead atoms. The van der Waals surface area contributed by atoms with Crippen LogP contribution in [0.15, 0.2) is 24.3 Å². The van der Waals surface area contributed by atoms with Crippen LogP contribution in [0.4, 0.5) is 17.5 Å². The molecule has 2 aromatic rings. The fourth-order valence-corrected chi connectivity index (χ4v) is 4.97. The van der Waals surface area contributed by atoms with Gasteiger partial charge < -0.3 is 20.9 Å². The third-order valence-corrected chi connectivity index (χ3v) is 6.52. The smallest absolute Gasteiger partial charge is 0.225 e. The summed E-state index contributed by atoms with van der Waals surface area (Å²) in [6.07, 6.45) is 8.83. The zero-order chi connectivity index (χ0) is 21.8. The summed E-state index contributed by atoms with van der Waals surface area (Å²) in [4.78, 5) is 11.8. The van der Waals surface area contributed by atoms with Crippen molar-refractivity contribution in [3.05, 3.63) is 40.5 Å². The van der Waals surface area contributed by atoms with Crippen molar-refractivity contribution >= 4 is 46.4 Å². The zero-order valence-corrected chi connectivity index (χ0v) is 19.8. The van der Waals surface area contributed by atoms with Crippen molar-refractivity contribution in [2.45, 2.75) is 63.5 Å². The molecule has 1 heterocycles. The number of nitrogens with one attached hydrogen (secondary N) is 3. The van der Waals surface area contributed by atoms with Crippen molar-refractivity contribution < 1.29 is 0 Å². The summed E-state index contributed by atoms with van der Waals surface area (Å²) in [5.41, 5.74) is 3.46. The van der Waals surface area contributed by atoms with Gasteiger partial charge in [-0.1, -0.05) is 17.7 Å². The highest BCUT2D eigenvalue weighted by Gasteiger charge is 2.24. The minimum absolute atomic E-state index is 0.374. The minimum Gasteiger partial charge on any atom is -0.362 e. The Bertz CT molecular complexity index is 926. The summed E-state index contributed by atoms with van der Waals surface area (Å²) in [7, 11) is 4.14. The van der Waals surface area contributed by atoms with Crippen LogP contribution in [-0.2, 0) is 12.8 Å². The van der Waals surface area contributed by atoms with E-state index in [-0.39, 0.29) is 0 Å². The van der Waals surface area contributed by atoms with Crippen molar-refractivity contribution in [3.63, 3.8) is 0 Å². The molecule has 0 radical (unpaired) electrons. The van der Waals surface area contributed by atoms with Gasteiger partial charge >= 0.3 is 0 Å². The average molecular weight is 459 g/mol. The summed E-state index contributed by atoms with van der Waals surface area (Å²) in [6, 6.07) is 8.36. The number of anilines is 3. The third kappa shape index (κ3) is 5.77. The van der Waals surface area contributed by atoms with E-state index < -0.39 is 0 Å². The van der Waals surface area contributed by atoms with E-state index in [4.69, 9.17) is 33.8 Å². The van der Waals surface area contributed by atoms with Gasteiger partial charge in [-0.3, -0.25) is 0 Å². The van der Waals surface area contributed by atoms with E-state index in [2.05, 4.69) is 34.9 Å². The number of aryl methyl sites for hydroxylation is 1. The van der Waals surface area contributed by atoms with Crippen molar-refractivity contribution in [1.29, 1.82) is 0 Å². The van der Waals surface area contributed by atoms with Crippen LogP contribution in [0.25, 0.3) is 0 Å². The van der Waals surface area contributed by atoms with Crippen LogP contribution >= 0.6 is 23.8 Å². The molecule has 166 valence electrons. The normalized spacial score (nSPS) is 20.5. The number of thiocarbonyl (C=S) groups is 1. The summed E-state index contributed by atoms with van der Waals surface area (Å²) in [5, 5.41) is 11.6. The molecule has 1 aromatic heterocycles. The topological polar surface area (TPSA) is 65.1 Å². The number of aromatic nitrogens is 2. The van der Waals surface area contributed by atoms with Crippen LogP contribution in [0, 0.1) is 0 Å². The Labute approximate surface area is 195 Å². The molecule has 1 aromatic carbocycles. The van der Waals surface area contributed by atoms with Gasteiger partial charge in [-0.15, -0.1) is 0 Å². The molecule has 0 unspecified atom stereocenters. The third-order valence-electron chi connectivity index (χ3n) is 6.06. The fraction of sp³-hybridized carbons (Fsp3) is 0.522. The van der Waals surface area contributed by atoms with E-state index in [0.717, 1.165) is 56.0 Å². The van der Waals surface area contributed by atoms with Crippen molar-refractivity contribution in [2.24, 2.45) is 0 Å². The molecule has 1 saturated carbocycles. The second kappa shape index (κ2) is 10.0. The molecule has 6 nitrogen and oxygen atoms in total. The molecule has 1 fully saturated rings. The Hall–Kier alpha value is -2.12. The molecule has 0 spiro atoms. The summed E-state index contributed by atoms with van der Waals surface area (Å²) >= 11 is 11.5. The van der Waals surface area contributed by atoms with Crippen LogP contribution in [-0.4, -0.2) is 41.3 Å². The number of hydrogen-bond acceptors (Lipinski definition) is 5. The first-order chi connectivity index (χ1) is 15.0. The highest BCUT2D eigenvalue weighted by Crippen LogP contribution is 2.29. The molecule has 0 atom stereocenters. The Morgan fingerprint density at radius 3 is 2.55 bits per heavy atom. The summed E-state index contributed by atoms with van der Waals surface area (Å²) < 4.78 is 0. The second-order valence-corrected chi connectivity index (χ2v) is 9.54. The maximum atomic E-state index is 6.05. The highest BCUT2D eigenvalue weighted by molar-refractivity contribution is 7.80. The van der Waals surface area contributed by atoms with E-state index in [0.29, 0.717) is 22.2 Å². The van der Waals surface area contributed by atoms with E-state index in [1.165, 1.54) is 24.1 Å². The quantitative estimate of drug-likeness (QED) is 0.557. The first-order valence-electron chi connectivity index (χ1n) is 11.1. The predicted octanol–water partition coefficient (Wildman–Crippen LogP) is 4.78. The van der Waals surface area contributed by atoms with Gasteiger partial charge in [0.25, 0.3) is 0 Å². The Morgan fingerprint density at radius 1 is 1.06 bits per heavy atom. The molecule has 3 N–H and O–H groups in total. The van der Waals surface area contributed by atoms with Crippen molar-refractivity contribution in [3.8, 4) is 0 Å². The number of nitrogens with zero attached hydrogens (tertiary/aromatic N) is 3. The lowest BCUT2D eigenvalue weighted by Gasteiger charge is -2.31. The van der Waals surface area contributed by atoms with E-state index >= 15 is 0 Å². The fourth-order valence-electron chi connectivity index (χ4n) is 4.49. The van der Waals surface area contributed by atoms with Gasteiger partial charge in [0.15, 0.2) is 5.11 Å². The predicted molar refractivity (Wildman–Crippen MR) is 133 cm³/mol. The van der Waals surface area contributed by atoms with E-state index in [9.17, 15) is 0 Å². The van der Waals surface area contributed by atoms with Crippen molar-refractivity contribution in [2.75, 3.05) is 29.6 Å². The lowest BCUT2D eigenvalue weighted by molar-refractivity contribution is 0.387. The van der Waals surface area contributed by atoms with Crippen LogP contribution < -0.4 is 20.9 Å². The Kier molecular flexibility index (Phi) is 7.13. The van der Waals surface area contributed by atoms with Gasteiger partial charge in [0.1, 0.15) is 5.82 Å². The molecule has 0 amide bonds. The molecule has 4 rings (SSSR count). The standard InChI is InChI=1S/C23H31ClN6S/c1-30(2)21-19-8-3-4-9-20(19)28-22(29-21)25-16-10-12-17(13-11-16)26-23(31)27-18-7-5-6-15(24)14-18/h5-7,14,16-17H,3-4,8-13H2,1-2H3,(H,25,28,29)(H2,26,27,31)/t16-,17+. The van der Waals surface area contributed by atoms with Crippen LogP contribution in [0.3, 0.4) is 0 Å². The SMILES string of the molecule is CN(C)c1nc(N[C@H]2CC[C@@H](NC(=S)Nc3cccc(Cl)c3)CC2)nc2c1CCCC2. The Morgan fingerprint density at radius 2 is 1.81 bits per heavy atom. The molecule has 2 aliphatic rings. The van der Waals surface area contributed by atoms with Crippen LogP contribution in [0.5, 0.6) is 0 Å². The van der Waals surface area contributed by atoms with E-state index in [1.807, 2.05) is 24.3 Å². The number of halogens is 1. The summed E-state index contributed by atoms with van der Waals surface area (Å²) in [5.74, 6) is 1.85. The largest absolute Gasteiger partial charge is 0.362 e. The van der Waals surface area contributed by atoms with Crippen LogP contribution in [0.2, 0.25) is 5.02 Å². The monoisotopic (exact) mass is 458 g/mol. The first-order valence-corrected chi connectivity index (χ1v) is 11.9. The first kappa shape index (κ1) is 22.1. The van der Waals surface area contributed by atoms with Gasteiger partial charge in [0.2, 0.25) is 5.95 Å². The average Bonchev–Trinajstić information content (AvgIpc) is 2.74. The second-order valence-electron chi connectivity index (χ2n) is 8.70. The zero-order valence-electron chi connectivity index (χ0n) is 18.2. The highest BCUT2D eigenvalue weighted by atomic mass is 35.5. The Balaban J connectivity index is 1.30. The van der Waals surface area contributed by atoms with Gasteiger partial charge in [-0.25, -0.2) is 4.98 Å². The number of benzene rings is 1. The van der Waals surface area contributed by atoms with Gasteiger partial charge in [-0.05, 0) is 81.8 Å². The molecule has 0 aliphatic heterocycles. The number of fused-ring (bicyclic) bond motifs is 1. The molecule has 31 heavy (non-hydrogen) atoms. The maximum Gasteiger partial charge on any atom is 0.225 e. The maximum absolute atomic E-state index is 6.05. The number of rotatable bonds is 5. The van der Waals surface area contributed by atoms with Crippen LogP contribution in [0.1, 0.15) is 49.8 Å². The molecular formula is C23H31ClN6S. The number of hydrogen-bond donors (Lipinski definition) is 3. The molecule has 8 heteroatoms. The lowest BCUT2D eigenvalue weighted by Crippen LogP contribution is -2.42. The van der Waals surface area contributed by atoms with E-state index in [1.54, 1.807) is 0 Å². The molecule has 2 aliphatic carbocycles. The molecular weight excluding hydrogens is 428 g/mol. The van der Waals surface area contributed by atoms with Crippen molar-refractivity contribution in [1.82, 2.24) is 15.3 Å². The molecule has 0 saturated heterocycles. The summed E-state index contributed by atoms with van der Waals surface area (Å²) in [6.45, 7) is 0. The van der Waals surface area contributed by atoms with Gasteiger partial charge in [-0.2, -0.15) is 4.98 Å².